The van der Waals surface area contributed by atoms with Gasteiger partial charge in [0.25, 0.3) is 0 Å². The van der Waals surface area contributed by atoms with E-state index in [4.69, 9.17) is 15.7 Å². The third-order valence-electron chi connectivity index (χ3n) is 1.23. The highest BCUT2D eigenvalue weighted by Gasteiger charge is 1.88. The molecule has 0 radical (unpaired) electrons. The molecule has 0 unspecified atom stereocenters. The van der Waals surface area contributed by atoms with Crippen LogP contribution in [0.15, 0.2) is 24.2 Å². The van der Waals surface area contributed by atoms with Gasteiger partial charge in [0.05, 0.1) is 1.37 Å². The van der Waals surface area contributed by atoms with Crippen LogP contribution in [0, 0.1) is 6.92 Å². The van der Waals surface area contributed by atoms with E-state index in [0.717, 1.165) is 5.56 Å². The van der Waals surface area contributed by atoms with Crippen LogP contribution in [0.3, 0.4) is 0 Å². The molecule has 0 saturated carbocycles. The second-order valence-corrected chi connectivity index (χ2v) is 2.36. The molecule has 10 heavy (non-hydrogen) atoms. The number of rotatable bonds is 2. The molecule has 1 aromatic carbocycles. The topological polar surface area (TPSA) is 0 Å². The SMILES string of the molecule is [2H]c1cc(C)ccc1C([2H])([2H])CCl. The lowest BCUT2D eigenvalue weighted by atomic mass is 10.1. The number of benzene rings is 1. The fourth-order valence-corrected chi connectivity index (χ4v) is 0.828. The summed E-state index contributed by atoms with van der Waals surface area (Å²) in [7, 11) is 0. The Morgan fingerprint density at radius 3 is 3.00 bits per heavy atom. The van der Waals surface area contributed by atoms with Crippen molar-refractivity contribution >= 4 is 11.6 Å². The Hall–Kier alpha value is -0.490. The Labute approximate surface area is 71.0 Å². The van der Waals surface area contributed by atoms with Gasteiger partial charge in [-0.25, -0.2) is 0 Å². The van der Waals surface area contributed by atoms with Gasteiger partial charge in [0, 0.05) is 8.62 Å². The normalized spacial score (nSPS) is 15.6. The van der Waals surface area contributed by atoms with E-state index in [9.17, 15) is 0 Å². The summed E-state index contributed by atoms with van der Waals surface area (Å²) in [5.74, 6) is -0.123. The Bertz CT molecular complexity index is 310. The molecule has 0 N–H and O–H groups in total. The smallest absolute Gasteiger partial charge is 0.0626 e. The number of halogens is 1. The molecule has 0 amide bonds. The lowest BCUT2D eigenvalue weighted by molar-refractivity contribution is 1.14. The molecule has 1 aromatic rings. The van der Waals surface area contributed by atoms with E-state index in [-0.39, 0.29) is 11.9 Å². The summed E-state index contributed by atoms with van der Waals surface area (Å²) in [6.45, 7) is 1.87. The number of alkyl halides is 1. The summed E-state index contributed by atoms with van der Waals surface area (Å²) in [6, 6.07) is 5.27. The molecule has 0 spiro atoms. The maximum absolute atomic E-state index is 7.57. The summed E-state index contributed by atoms with van der Waals surface area (Å²) < 4.78 is 22.7. The standard InChI is InChI=1S/C9H11Cl/c1-8-2-4-9(5-3-8)6-7-10/h2-5H,6-7H2,1H3/i4D,6D2. The van der Waals surface area contributed by atoms with Crippen molar-refractivity contribution in [3.05, 3.63) is 35.4 Å². The van der Waals surface area contributed by atoms with Crippen LogP contribution in [0.25, 0.3) is 0 Å². The first kappa shape index (κ1) is 4.40. The van der Waals surface area contributed by atoms with Gasteiger partial charge in [0.15, 0.2) is 0 Å². The Balaban J connectivity index is 3.16. The van der Waals surface area contributed by atoms with Gasteiger partial charge in [0.1, 0.15) is 0 Å². The summed E-state index contributed by atoms with van der Waals surface area (Å²) in [5.41, 5.74) is 1.31. The molecule has 0 aromatic heterocycles. The minimum absolute atomic E-state index is 0.123. The van der Waals surface area contributed by atoms with Gasteiger partial charge in [-0.15, -0.1) is 11.6 Å². The second-order valence-electron chi connectivity index (χ2n) is 2.09. The average Bonchev–Trinajstić information content (AvgIpc) is 2.03. The molecule has 0 aliphatic heterocycles. The molecule has 0 heterocycles. The minimum atomic E-state index is -1.60. The molecule has 1 rings (SSSR count). The zero-order chi connectivity index (χ0) is 10.1. The molecule has 0 nitrogen and oxygen atoms in total. The number of hydrogen-bond acceptors (Lipinski definition) is 0. The Kier molecular flexibility index (Phi) is 1.59. The predicted octanol–water partition coefficient (Wildman–Crippen LogP) is 2.78. The van der Waals surface area contributed by atoms with Gasteiger partial charge in [-0.3, -0.25) is 0 Å². The van der Waals surface area contributed by atoms with Gasteiger partial charge in [-0.05, 0) is 18.9 Å². The van der Waals surface area contributed by atoms with Gasteiger partial charge < -0.3 is 0 Å². The highest BCUT2D eigenvalue weighted by Crippen LogP contribution is 2.03. The molecule has 0 saturated heterocycles. The van der Waals surface area contributed by atoms with E-state index in [0.29, 0.717) is 5.56 Å². The van der Waals surface area contributed by atoms with Crippen LogP contribution in [0.1, 0.15) is 15.2 Å². The fourth-order valence-electron chi connectivity index (χ4n) is 0.685. The molecular formula is C9H11Cl. The molecule has 0 atom stereocenters. The highest BCUT2D eigenvalue weighted by atomic mass is 35.5. The van der Waals surface area contributed by atoms with Crippen LogP contribution in [-0.2, 0) is 6.37 Å². The van der Waals surface area contributed by atoms with E-state index < -0.39 is 6.37 Å². The van der Waals surface area contributed by atoms with Crippen LogP contribution in [0.5, 0.6) is 0 Å². The third kappa shape index (κ3) is 2.03. The molecule has 54 valence electrons. The zero-order valence-corrected chi connectivity index (χ0v) is 6.57. The molecule has 0 aliphatic rings. The van der Waals surface area contributed by atoms with Gasteiger partial charge in [-0.2, -0.15) is 0 Å². The van der Waals surface area contributed by atoms with Crippen molar-refractivity contribution in [1.29, 1.82) is 0 Å². The maximum Gasteiger partial charge on any atom is 0.0626 e. The summed E-state index contributed by atoms with van der Waals surface area (Å²) >= 11 is 5.48. The zero-order valence-electron chi connectivity index (χ0n) is 8.82. The monoisotopic (exact) mass is 157 g/mol. The maximum atomic E-state index is 7.57. The number of hydrogen-bond donors (Lipinski definition) is 0. The number of aryl methyl sites for hydroxylation is 2. The van der Waals surface area contributed by atoms with Crippen LogP contribution in [0.4, 0.5) is 0 Å². The Morgan fingerprint density at radius 1 is 1.60 bits per heavy atom. The lowest BCUT2D eigenvalue weighted by Gasteiger charge is -1.96. The van der Waals surface area contributed by atoms with E-state index in [1.54, 1.807) is 18.2 Å². The summed E-state index contributed by atoms with van der Waals surface area (Å²) in [4.78, 5) is 0. The lowest BCUT2D eigenvalue weighted by Crippen LogP contribution is -1.84. The van der Waals surface area contributed by atoms with Crippen molar-refractivity contribution in [2.24, 2.45) is 0 Å². The van der Waals surface area contributed by atoms with Crippen LogP contribution < -0.4 is 0 Å². The molecule has 1 heteroatoms. The van der Waals surface area contributed by atoms with Gasteiger partial charge >= 0.3 is 0 Å². The van der Waals surface area contributed by atoms with E-state index in [1.165, 1.54) is 0 Å². The highest BCUT2D eigenvalue weighted by molar-refractivity contribution is 6.17. The first-order chi connectivity index (χ1) is 5.97. The Morgan fingerprint density at radius 2 is 2.40 bits per heavy atom. The van der Waals surface area contributed by atoms with E-state index in [2.05, 4.69) is 0 Å². The largest absolute Gasteiger partial charge is 0.126 e. The van der Waals surface area contributed by atoms with Crippen LogP contribution in [-0.4, -0.2) is 5.88 Å². The average molecular weight is 158 g/mol. The van der Waals surface area contributed by atoms with Crippen molar-refractivity contribution in [3.63, 3.8) is 0 Å². The second kappa shape index (κ2) is 3.62. The summed E-state index contributed by atoms with van der Waals surface area (Å²) in [5, 5.41) is 0. The predicted molar refractivity (Wildman–Crippen MR) is 45.6 cm³/mol. The van der Waals surface area contributed by atoms with Crippen LogP contribution in [0.2, 0.25) is 0 Å². The van der Waals surface area contributed by atoms with Crippen molar-refractivity contribution in [2.45, 2.75) is 13.3 Å². The quantitative estimate of drug-likeness (QED) is 0.580. The first-order valence-corrected chi connectivity index (χ1v) is 3.64. The van der Waals surface area contributed by atoms with E-state index >= 15 is 0 Å². The first-order valence-electron chi connectivity index (χ1n) is 4.61. The van der Waals surface area contributed by atoms with Gasteiger partial charge in [0.2, 0.25) is 0 Å². The van der Waals surface area contributed by atoms with Crippen molar-refractivity contribution in [1.82, 2.24) is 0 Å². The molecule has 0 aliphatic carbocycles. The van der Waals surface area contributed by atoms with Crippen molar-refractivity contribution in [3.8, 4) is 0 Å². The third-order valence-corrected chi connectivity index (χ3v) is 1.36. The molecular weight excluding hydrogens is 144 g/mol. The minimum Gasteiger partial charge on any atom is -0.126 e. The van der Waals surface area contributed by atoms with Crippen molar-refractivity contribution in [2.75, 3.05) is 5.88 Å². The van der Waals surface area contributed by atoms with E-state index in [1.807, 2.05) is 6.92 Å². The summed E-state index contributed by atoms with van der Waals surface area (Å²) in [6.07, 6.45) is -1.60. The fraction of sp³-hybridized carbons (Fsp3) is 0.333. The molecule has 0 bridgehead atoms. The van der Waals surface area contributed by atoms with Crippen LogP contribution >= 0.6 is 11.6 Å². The van der Waals surface area contributed by atoms with Gasteiger partial charge in [-0.1, -0.05) is 29.8 Å². The molecule has 0 fully saturated rings. The van der Waals surface area contributed by atoms with Crippen molar-refractivity contribution < 1.29 is 4.11 Å².